The molecule has 0 atom stereocenters. The summed E-state index contributed by atoms with van der Waals surface area (Å²) in [7, 11) is 1.40. The Hall–Kier alpha value is -0.440. The summed E-state index contributed by atoms with van der Waals surface area (Å²) in [6, 6.07) is 0. The third-order valence-corrected chi connectivity index (χ3v) is 6.01. The third-order valence-electron chi connectivity index (χ3n) is 5.50. The largest absolute Gasteiger partial charge is 0.691 e. The first kappa shape index (κ1) is 16.4. The number of rotatable bonds is 6. The summed E-state index contributed by atoms with van der Waals surface area (Å²) in [5.41, 5.74) is -0.00417. The zero-order chi connectivity index (χ0) is 16.0. The number of amides is 1. The lowest BCUT2D eigenvalue weighted by atomic mass is 9.49. The number of halogens is 2. The average molecular weight is 336 g/mol. The maximum atomic E-state index is 13.6. The van der Waals surface area contributed by atoms with Gasteiger partial charge in [-0.15, -0.1) is 0 Å². The van der Waals surface area contributed by atoms with Crippen molar-refractivity contribution >= 4 is 17.9 Å². The Kier molecular flexibility index (Phi) is 4.39. The number of carbonyl (C=O) groups is 1. The van der Waals surface area contributed by atoms with Crippen LogP contribution in [0.2, 0.25) is 0 Å². The second-order valence-electron chi connectivity index (χ2n) is 7.31. The van der Waals surface area contributed by atoms with Gasteiger partial charge in [0.25, 0.3) is 0 Å². The summed E-state index contributed by atoms with van der Waals surface area (Å²) >= 11 is -0.552. The second kappa shape index (κ2) is 5.89. The lowest BCUT2D eigenvalue weighted by Crippen LogP contribution is -2.53. The van der Waals surface area contributed by atoms with Crippen LogP contribution in [0.3, 0.4) is 0 Å². The first-order valence-electron chi connectivity index (χ1n) is 7.61. The summed E-state index contributed by atoms with van der Waals surface area (Å²) in [5.74, 6) is 0.746. The highest BCUT2D eigenvalue weighted by Crippen LogP contribution is 2.60. The summed E-state index contributed by atoms with van der Waals surface area (Å²) in [6.07, 6.45) is 6.90. The van der Waals surface area contributed by atoms with Crippen LogP contribution in [-0.2, 0) is 14.2 Å². The van der Waals surface area contributed by atoms with Gasteiger partial charge in [-0.3, -0.25) is 9.83 Å². The third kappa shape index (κ3) is 3.11. The van der Waals surface area contributed by atoms with Crippen molar-refractivity contribution in [1.82, 2.24) is 4.90 Å². The van der Waals surface area contributed by atoms with Gasteiger partial charge in [0.1, 0.15) is 12.0 Å². The minimum Gasteiger partial charge on any atom is -0.691 e. The Morgan fingerprint density at radius 2 is 1.77 bits per heavy atom. The smallest absolute Gasteiger partial charge is 0.397 e. The predicted octanol–water partition coefficient (Wildman–Crippen LogP) is 2.13. The molecule has 4 aliphatic rings. The van der Waals surface area contributed by atoms with Gasteiger partial charge in [0.15, 0.2) is 0 Å². The van der Waals surface area contributed by atoms with Crippen molar-refractivity contribution in [2.45, 2.75) is 43.8 Å². The van der Waals surface area contributed by atoms with Crippen LogP contribution in [0.25, 0.3) is 0 Å². The normalized spacial score (nSPS) is 36.6. The Balaban J connectivity index is 1.64. The Morgan fingerprint density at radius 3 is 2.23 bits per heavy atom. The molecule has 0 saturated heterocycles. The van der Waals surface area contributed by atoms with E-state index >= 15 is 0 Å². The molecule has 4 bridgehead atoms. The van der Waals surface area contributed by atoms with E-state index in [9.17, 15) is 18.8 Å². The maximum absolute atomic E-state index is 13.6. The van der Waals surface area contributed by atoms with Gasteiger partial charge in [0.2, 0.25) is 0 Å². The van der Waals surface area contributed by atoms with Crippen molar-refractivity contribution in [2.75, 3.05) is 13.6 Å². The number of nitrogens with zero attached hydrogens (tertiary/aromatic N) is 1. The van der Waals surface area contributed by atoms with Gasteiger partial charge in [0.05, 0.1) is 0 Å². The molecule has 4 aliphatic carbocycles. The zero-order valence-corrected chi connectivity index (χ0v) is 13.2. The fourth-order valence-corrected chi connectivity index (χ4v) is 5.71. The van der Waals surface area contributed by atoms with Gasteiger partial charge in [-0.1, -0.05) is 0 Å². The molecule has 0 unspecified atom stereocenters. The van der Waals surface area contributed by atoms with Crippen LogP contribution < -0.4 is 5.26 Å². The quantitative estimate of drug-likeness (QED) is 0.422. The van der Waals surface area contributed by atoms with E-state index in [1.54, 1.807) is 0 Å². The van der Waals surface area contributed by atoms with Crippen LogP contribution in [-0.4, -0.2) is 29.7 Å². The van der Waals surface area contributed by atoms with Crippen molar-refractivity contribution in [2.24, 2.45) is 23.2 Å². The molecule has 0 spiro atoms. The monoisotopic (exact) mass is 336 g/mol. The molecule has 0 N–H and O–H groups in total. The van der Waals surface area contributed by atoms with Gasteiger partial charge in [-0.2, -0.15) is 13.1 Å². The van der Waals surface area contributed by atoms with Crippen molar-refractivity contribution in [3.05, 3.63) is 0 Å². The molecule has 0 heterocycles. The summed E-state index contributed by atoms with van der Waals surface area (Å²) in [4.78, 5) is 13.0. The van der Waals surface area contributed by atoms with E-state index in [1.807, 2.05) is 0 Å². The number of carbonyl (C=O) groups excluding carboxylic acids is 1. The molecular formula is C14H20F2NO4S-. The van der Waals surface area contributed by atoms with E-state index in [-0.39, 0.29) is 5.41 Å². The van der Waals surface area contributed by atoms with Gasteiger partial charge < -0.3 is 10.2 Å². The van der Waals surface area contributed by atoms with E-state index in [0.717, 1.165) is 24.2 Å². The SMILES string of the molecule is CN(CC12CC3CC(CC(C3)C1)C2)C(=O)C(F)(F)SOO[O-]. The van der Waals surface area contributed by atoms with Crippen LogP contribution in [0.15, 0.2) is 0 Å². The average Bonchev–Trinajstić information content (AvgIpc) is 2.42. The lowest BCUT2D eigenvalue weighted by Gasteiger charge is -2.57. The van der Waals surface area contributed by atoms with Crippen molar-refractivity contribution in [3.63, 3.8) is 0 Å². The molecule has 8 heteroatoms. The molecule has 5 nitrogen and oxygen atoms in total. The standard InChI is InChI=1S/C14H21F2NO4S/c1-17(12(18)14(15,16)22-21-20-19)8-13-5-9-2-10(6-13)4-11(3-9)7-13/h9-11,19H,2-8H2,1H3/p-1. The summed E-state index contributed by atoms with van der Waals surface area (Å²) in [5, 5.41) is 8.75. The highest BCUT2D eigenvalue weighted by atomic mass is 32.2. The number of hydrogen-bond donors (Lipinski definition) is 0. The Labute approximate surface area is 132 Å². The molecule has 4 saturated carbocycles. The van der Waals surface area contributed by atoms with Crippen LogP contribution in [0.4, 0.5) is 8.78 Å². The fraction of sp³-hybridized carbons (Fsp3) is 0.929. The van der Waals surface area contributed by atoms with Crippen molar-refractivity contribution in [3.8, 4) is 0 Å². The molecule has 0 aromatic rings. The molecule has 4 fully saturated rings. The number of alkyl halides is 2. The van der Waals surface area contributed by atoms with Gasteiger partial charge >= 0.3 is 11.2 Å². The van der Waals surface area contributed by atoms with E-state index in [0.29, 0.717) is 24.3 Å². The maximum Gasteiger partial charge on any atom is 0.397 e. The molecule has 0 aliphatic heterocycles. The molecule has 0 aromatic carbocycles. The highest BCUT2D eigenvalue weighted by Gasteiger charge is 2.53. The second-order valence-corrected chi connectivity index (χ2v) is 8.13. The minimum atomic E-state index is -3.82. The molecule has 0 aromatic heterocycles. The predicted molar refractivity (Wildman–Crippen MR) is 73.0 cm³/mol. The van der Waals surface area contributed by atoms with Crippen LogP contribution in [0, 0.1) is 23.2 Å². The lowest BCUT2D eigenvalue weighted by molar-refractivity contribution is -0.777. The van der Waals surface area contributed by atoms with Gasteiger partial charge in [0, 0.05) is 13.6 Å². The first-order valence-corrected chi connectivity index (χ1v) is 8.35. The van der Waals surface area contributed by atoms with E-state index in [4.69, 9.17) is 0 Å². The summed E-state index contributed by atoms with van der Waals surface area (Å²) < 4.78 is 30.9. The van der Waals surface area contributed by atoms with E-state index in [1.165, 1.54) is 26.3 Å². The minimum absolute atomic E-state index is 0.00417. The summed E-state index contributed by atoms with van der Waals surface area (Å²) in [6.45, 7) is 0.351. The molecule has 1 amide bonds. The van der Waals surface area contributed by atoms with Gasteiger partial charge in [-0.05, 0) is 61.7 Å². The Morgan fingerprint density at radius 1 is 1.27 bits per heavy atom. The highest BCUT2D eigenvalue weighted by molar-refractivity contribution is 7.96. The van der Waals surface area contributed by atoms with Crippen LogP contribution in [0.5, 0.6) is 0 Å². The molecule has 22 heavy (non-hydrogen) atoms. The fourth-order valence-electron chi connectivity index (χ4n) is 5.37. The Bertz CT molecular complexity index is 413. The molecule has 4 rings (SSSR count). The molecular weight excluding hydrogens is 316 g/mol. The van der Waals surface area contributed by atoms with Gasteiger partial charge in [-0.25, -0.2) is 0 Å². The first-order chi connectivity index (χ1) is 10.3. The van der Waals surface area contributed by atoms with Crippen molar-refractivity contribution < 1.29 is 28.2 Å². The van der Waals surface area contributed by atoms with E-state index < -0.39 is 23.2 Å². The van der Waals surface area contributed by atoms with Crippen LogP contribution >= 0.6 is 12.0 Å². The zero-order valence-electron chi connectivity index (χ0n) is 12.4. The number of hydrogen-bond acceptors (Lipinski definition) is 5. The molecule has 126 valence electrons. The molecule has 0 radical (unpaired) electrons. The van der Waals surface area contributed by atoms with Crippen molar-refractivity contribution in [1.29, 1.82) is 0 Å². The van der Waals surface area contributed by atoms with Crippen LogP contribution in [0.1, 0.15) is 38.5 Å². The topological polar surface area (TPSA) is 61.8 Å². The van der Waals surface area contributed by atoms with E-state index in [2.05, 4.69) is 9.37 Å².